The summed E-state index contributed by atoms with van der Waals surface area (Å²) in [6, 6.07) is 0. The zero-order valence-corrected chi connectivity index (χ0v) is 8.25. The minimum Gasteiger partial charge on any atom is -0.180 e. The molecule has 0 amide bonds. The van der Waals surface area contributed by atoms with Crippen molar-refractivity contribution in [3.63, 3.8) is 0 Å². The molecule has 0 heterocycles. The molecule has 0 aromatic rings. The Morgan fingerprint density at radius 2 is 2.42 bits per heavy atom. The second-order valence-electron chi connectivity index (χ2n) is 2.47. The van der Waals surface area contributed by atoms with E-state index in [4.69, 9.17) is 0 Å². The monoisotopic (exact) mass is 204 g/mol. The maximum absolute atomic E-state index is 3.20. The van der Waals surface area contributed by atoms with Crippen LogP contribution in [0.4, 0.5) is 0 Å². The van der Waals surface area contributed by atoms with Crippen LogP contribution in [0.25, 0.3) is 0 Å². The molecular formula is C11H13Co-. The van der Waals surface area contributed by atoms with Crippen LogP contribution in [0.3, 0.4) is 0 Å². The van der Waals surface area contributed by atoms with Crippen molar-refractivity contribution in [3.8, 4) is 0 Å². The Morgan fingerprint density at radius 3 is 3.00 bits per heavy atom. The average Bonchev–Trinajstić information content (AvgIpc) is 2.50. The van der Waals surface area contributed by atoms with Crippen LogP contribution in [0.2, 0.25) is 0 Å². The molecule has 1 rings (SSSR count). The first kappa shape index (κ1) is 11.5. The van der Waals surface area contributed by atoms with Crippen LogP contribution in [0.1, 0.15) is 19.8 Å². The summed E-state index contributed by atoms with van der Waals surface area (Å²) in [5, 5.41) is 0. The van der Waals surface area contributed by atoms with E-state index in [1.54, 1.807) is 0 Å². The Hall–Kier alpha value is -0.534. The van der Waals surface area contributed by atoms with Crippen LogP contribution in [0, 0.1) is 6.08 Å². The van der Waals surface area contributed by atoms with E-state index in [1.165, 1.54) is 5.57 Å². The first-order valence-corrected chi connectivity index (χ1v) is 4.04. The summed E-state index contributed by atoms with van der Waals surface area (Å²) in [5.74, 6) is 0. The van der Waals surface area contributed by atoms with Crippen LogP contribution in [0.5, 0.6) is 0 Å². The van der Waals surface area contributed by atoms with Gasteiger partial charge in [0.1, 0.15) is 0 Å². The molecule has 67 valence electrons. The Morgan fingerprint density at radius 1 is 1.58 bits per heavy atom. The molecule has 0 bridgehead atoms. The topological polar surface area (TPSA) is 0 Å². The van der Waals surface area contributed by atoms with Crippen molar-refractivity contribution in [2.45, 2.75) is 19.8 Å². The van der Waals surface area contributed by atoms with Crippen molar-refractivity contribution < 1.29 is 16.8 Å². The molecule has 0 nitrogen and oxygen atoms in total. The van der Waals surface area contributed by atoms with Crippen molar-refractivity contribution in [1.82, 2.24) is 0 Å². The normalized spacial score (nSPS) is 15.6. The van der Waals surface area contributed by atoms with Crippen LogP contribution in [0.15, 0.2) is 42.0 Å². The van der Waals surface area contributed by atoms with Crippen LogP contribution in [-0.4, -0.2) is 0 Å². The Labute approximate surface area is 84.9 Å². The van der Waals surface area contributed by atoms with E-state index in [2.05, 4.69) is 37.3 Å². The Bertz CT molecular complexity index is 219. The van der Waals surface area contributed by atoms with E-state index in [9.17, 15) is 0 Å². The van der Waals surface area contributed by atoms with E-state index in [0.717, 1.165) is 12.8 Å². The van der Waals surface area contributed by atoms with E-state index < -0.39 is 0 Å². The molecule has 0 unspecified atom stereocenters. The van der Waals surface area contributed by atoms with Gasteiger partial charge >= 0.3 is 0 Å². The van der Waals surface area contributed by atoms with Gasteiger partial charge in [0.2, 0.25) is 0 Å². The average molecular weight is 204 g/mol. The van der Waals surface area contributed by atoms with Gasteiger partial charge in [-0.2, -0.15) is 29.9 Å². The molecule has 1 aliphatic carbocycles. The molecular weight excluding hydrogens is 191 g/mol. The summed E-state index contributed by atoms with van der Waals surface area (Å²) >= 11 is 0. The second-order valence-corrected chi connectivity index (χ2v) is 2.47. The van der Waals surface area contributed by atoms with Crippen LogP contribution < -0.4 is 0 Å². The molecule has 0 saturated carbocycles. The molecule has 0 fully saturated rings. The third-order valence-corrected chi connectivity index (χ3v) is 1.51. The van der Waals surface area contributed by atoms with Crippen molar-refractivity contribution in [1.29, 1.82) is 0 Å². The van der Waals surface area contributed by atoms with E-state index in [1.807, 2.05) is 12.2 Å². The van der Waals surface area contributed by atoms with E-state index >= 15 is 0 Å². The minimum absolute atomic E-state index is 0. The van der Waals surface area contributed by atoms with E-state index in [-0.39, 0.29) is 16.8 Å². The quantitative estimate of drug-likeness (QED) is 0.489. The first-order chi connectivity index (χ1) is 5.43. The Kier molecular flexibility index (Phi) is 6.82. The molecule has 0 N–H and O–H groups in total. The van der Waals surface area contributed by atoms with Crippen molar-refractivity contribution in [3.05, 3.63) is 48.1 Å². The third kappa shape index (κ3) is 4.37. The minimum atomic E-state index is 0. The molecule has 0 spiro atoms. The maximum atomic E-state index is 3.20. The molecule has 0 aromatic heterocycles. The van der Waals surface area contributed by atoms with Gasteiger partial charge in [-0.25, -0.2) is 0 Å². The summed E-state index contributed by atoms with van der Waals surface area (Å²) in [6.07, 6.45) is 17.8. The SMILES string of the molecule is CCC=CC=[C-]C1=CC=CC1.[Co]. The van der Waals surface area contributed by atoms with Crippen LogP contribution >= 0.6 is 0 Å². The molecule has 0 aliphatic heterocycles. The first-order valence-electron chi connectivity index (χ1n) is 4.04. The standard InChI is InChI=1S/C11H13.Co/c1-2-3-4-5-8-11-9-6-7-10-11;/h3-7,9H,2,10H2,1H3;/q-1;. The fourth-order valence-corrected chi connectivity index (χ4v) is 0.914. The molecule has 0 atom stereocenters. The van der Waals surface area contributed by atoms with Gasteiger partial charge in [0.15, 0.2) is 0 Å². The smallest absolute Gasteiger partial charge is 0 e. The Balaban J connectivity index is 0.00000121. The van der Waals surface area contributed by atoms with Gasteiger partial charge in [0.25, 0.3) is 0 Å². The second kappa shape index (κ2) is 7.13. The summed E-state index contributed by atoms with van der Waals surface area (Å²) in [7, 11) is 0. The predicted molar refractivity (Wildman–Crippen MR) is 49.1 cm³/mol. The summed E-state index contributed by atoms with van der Waals surface area (Å²) in [4.78, 5) is 0. The number of hydrogen-bond donors (Lipinski definition) is 0. The van der Waals surface area contributed by atoms with Gasteiger partial charge in [0, 0.05) is 16.8 Å². The summed E-state index contributed by atoms with van der Waals surface area (Å²) < 4.78 is 0. The van der Waals surface area contributed by atoms with Crippen molar-refractivity contribution in [2.24, 2.45) is 0 Å². The fourth-order valence-electron chi connectivity index (χ4n) is 0.914. The zero-order chi connectivity index (χ0) is 7.94. The zero-order valence-electron chi connectivity index (χ0n) is 7.21. The molecule has 1 radical (unpaired) electrons. The van der Waals surface area contributed by atoms with Gasteiger partial charge in [-0.15, -0.1) is 12.2 Å². The van der Waals surface area contributed by atoms with Crippen molar-refractivity contribution in [2.75, 3.05) is 0 Å². The predicted octanol–water partition coefficient (Wildman–Crippen LogP) is 3.20. The van der Waals surface area contributed by atoms with Gasteiger partial charge in [-0.1, -0.05) is 13.0 Å². The summed E-state index contributed by atoms with van der Waals surface area (Å²) in [6.45, 7) is 2.13. The molecule has 0 aromatic carbocycles. The maximum Gasteiger partial charge on any atom is 0 e. The largest absolute Gasteiger partial charge is 0.180 e. The number of hydrogen-bond acceptors (Lipinski definition) is 0. The molecule has 12 heavy (non-hydrogen) atoms. The van der Waals surface area contributed by atoms with Gasteiger partial charge in [-0.3, -0.25) is 0 Å². The number of rotatable bonds is 3. The van der Waals surface area contributed by atoms with Gasteiger partial charge in [-0.05, 0) is 12.8 Å². The van der Waals surface area contributed by atoms with Gasteiger partial charge < -0.3 is 0 Å². The molecule has 1 heteroatoms. The van der Waals surface area contributed by atoms with Gasteiger partial charge in [0.05, 0.1) is 0 Å². The molecule has 0 saturated heterocycles. The molecule has 1 aliphatic rings. The third-order valence-electron chi connectivity index (χ3n) is 1.51. The van der Waals surface area contributed by atoms with Crippen molar-refractivity contribution >= 4 is 0 Å². The van der Waals surface area contributed by atoms with E-state index in [0.29, 0.717) is 0 Å². The summed E-state index contributed by atoms with van der Waals surface area (Å²) in [5.41, 5.74) is 1.27. The fraction of sp³-hybridized carbons (Fsp3) is 0.273. The van der Waals surface area contributed by atoms with Crippen LogP contribution in [-0.2, 0) is 16.8 Å². The number of allylic oxidation sites excluding steroid dienone is 8.